The van der Waals surface area contributed by atoms with Gasteiger partial charge in [0.2, 0.25) is 0 Å². The van der Waals surface area contributed by atoms with Crippen molar-refractivity contribution in [2.24, 2.45) is 5.73 Å². The predicted octanol–water partition coefficient (Wildman–Crippen LogP) is 0.645. The van der Waals surface area contributed by atoms with E-state index in [2.05, 4.69) is 0 Å². The number of carboxylic acid groups (broad SMARTS) is 1. The van der Waals surface area contributed by atoms with E-state index >= 15 is 0 Å². The number of esters is 1. The first kappa shape index (κ1) is 12.2. The minimum atomic E-state index is -1.57. The van der Waals surface area contributed by atoms with Crippen LogP contribution in [0.2, 0.25) is 0 Å². The van der Waals surface area contributed by atoms with Crippen molar-refractivity contribution in [3.63, 3.8) is 0 Å². The van der Waals surface area contributed by atoms with Gasteiger partial charge < -0.3 is 15.6 Å². The Kier molecular flexibility index (Phi) is 3.63. The lowest BCUT2D eigenvalue weighted by atomic mass is 10.1. The van der Waals surface area contributed by atoms with Crippen LogP contribution in [0.4, 0.5) is 0 Å². The second-order valence-electron chi connectivity index (χ2n) is 3.66. The van der Waals surface area contributed by atoms with Crippen molar-refractivity contribution in [1.82, 2.24) is 0 Å². The molecular formula is C11H13NO4. The molecule has 0 aliphatic rings. The summed E-state index contributed by atoms with van der Waals surface area (Å²) in [5.74, 6) is -1.80. The highest BCUT2D eigenvalue weighted by Gasteiger charge is 2.29. The summed E-state index contributed by atoms with van der Waals surface area (Å²) in [6, 6.07) is 8.31. The van der Waals surface area contributed by atoms with E-state index < -0.39 is 17.5 Å². The Bertz CT molecular complexity index is 386. The Labute approximate surface area is 92.8 Å². The van der Waals surface area contributed by atoms with E-state index in [0.717, 1.165) is 0 Å². The van der Waals surface area contributed by atoms with Gasteiger partial charge in [0.15, 0.2) is 0 Å². The minimum Gasteiger partial charge on any atom is -0.480 e. The largest absolute Gasteiger partial charge is 0.480 e. The number of nitrogens with two attached hydrogens (primary N) is 1. The molecule has 0 spiro atoms. The molecule has 0 bridgehead atoms. The minimum absolute atomic E-state index is 0.365. The Morgan fingerprint density at radius 3 is 2.44 bits per heavy atom. The Morgan fingerprint density at radius 2 is 1.94 bits per heavy atom. The molecule has 0 saturated heterocycles. The number of hydrogen-bond donors (Lipinski definition) is 2. The summed E-state index contributed by atoms with van der Waals surface area (Å²) < 4.78 is 4.81. The van der Waals surface area contributed by atoms with Gasteiger partial charge in [-0.3, -0.25) is 4.79 Å². The van der Waals surface area contributed by atoms with Crippen molar-refractivity contribution in [2.45, 2.75) is 12.5 Å². The number of carbonyl (C=O) groups excluding carboxylic acids is 1. The van der Waals surface area contributed by atoms with Crippen molar-refractivity contribution >= 4 is 11.9 Å². The second kappa shape index (κ2) is 4.76. The van der Waals surface area contributed by atoms with Gasteiger partial charge in [-0.1, -0.05) is 18.2 Å². The fourth-order valence-corrected chi connectivity index (χ4v) is 0.935. The highest BCUT2D eigenvalue weighted by Crippen LogP contribution is 2.05. The summed E-state index contributed by atoms with van der Waals surface area (Å²) in [7, 11) is 0. The Balaban J connectivity index is 2.58. The van der Waals surface area contributed by atoms with Crippen LogP contribution >= 0.6 is 0 Å². The summed E-state index contributed by atoms with van der Waals surface area (Å²) in [5, 5.41) is 8.71. The van der Waals surface area contributed by atoms with Gasteiger partial charge in [-0.25, -0.2) is 4.79 Å². The number of rotatable bonds is 4. The highest BCUT2D eigenvalue weighted by atomic mass is 16.5. The number of aliphatic carboxylic acids is 1. The average Bonchev–Trinajstić information content (AvgIpc) is 2.27. The molecule has 0 saturated carbocycles. The van der Waals surface area contributed by atoms with Gasteiger partial charge >= 0.3 is 11.9 Å². The molecule has 0 heterocycles. The average molecular weight is 223 g/mol. The lowest BCUT2D eigenvalue weighted by Gasteiger charge is -2.18. The molecule has 0 fully saturated rings. The zero-order chi connectivity index (χ0) is 12.2. The van der Waals surface area contributed by atoms with Crippen molar-refractivity contribution < 1.29 is 19.4 Å². The van der Waals surface area contributed by atoms with Crippen LogP contribution in [0, 0.1) is 0 Å². The van der Waals surface area contributed by atoms with Crippen LogP contribution in [0.1, 0.15) is 17.3 Å². The summed E-state index contributed by atoms with van der Waals surface area (Å²) in [6.45, 7) is 0.920. The third-order valence-electron chi connectivity index (χ3n) is 2.00. The van der Waals surface area contributed by atoms with E-state index in [9.17, 15) is 9.59 Å². The molecule has 0 amide bonds. The Morgan fingerprint density at radius 1 is 1.38 bits per heavy atom. The number of benzene rings is 1. The quantitative estimate of drug-likeness (QED) is 0.731. The molecule has 1 aromatic rings. The molecule has 1 unspecified atom stereocenters. The SMILES string of the molecule is CC(N)(COC(=O)c1ccccc1)C(=O)O. The van der Waals surface area contributed by atoms with Gasteiger partial charge in [0.05, 0.1) is 5.56 Å². The maximum Gasteiger partial charge on any atom is 0.338 e. The van der Waals surface area contributed by atoms with Gasteiger partial charge in [-0.05, 0) is 19.1 Å². The van der Waals surface area contributed by atoms with Gasteiger partial charge in [0.25, 0.3) is 0 Å². The van der Waals surface area contributed by atoms with E-state index in [1.165, 1.54) is 6.92 Å². The Hall–Kier alpha value is -1.88. The van der Waals surface area contributed by atoms with Gasteiger partial charge in [-0.15, -0.1) is 0 Å². The first-order chi connectivity index (χ1) is 7.43. The van der Waals surface area contributed by atoms with Gasteiger partial charge in [0, 0.05) is 0 Å². The summed E-state index contributed by atoms with van der Waals surface area (Å²) in [5.41, 5.74) is 4.21. The monoisotopic (exact) mass is 223 g/mol. The smallest absolute Gasteiger partial charge is 0.338 e. The zero-order valence-corrected chi connectivity index (χ0v) is 8.84. The van der Waals surface area contributed by atoms with E-state index in [0.29, 0.717) is 5.56 Å². The van der Waals surface area contributed by atoms with Crippen molar-refractivity contribution in [2.75, 3.05) is 6.61 Å². The van der Waals surface area contributed by atoms with Gasteiger partial charge in [-0.2, -0.15) is 0 Å². The molecule has 0 aliphatic heterocycles. The molecule has 1 rings (SSSR count). The number of carboxylic acids is 1. The van der Waals surface area contributed by atoms with Gasteiger partial charge in [0.1, 0.15) is 12.1 Å². The summed E-state index contributed by atoms with van der Waals surface area (Å²) in [4.78, 5) is 22.1. The molecule has 0 aliphatic carbocycles. The van der Waals surface area contributed by atoms with Crippen molar-refractivity contribution in [3.05, 3.63) is 35.9 Å². The van der Waals surface area contributed by atoms with Crippen LogP contribution in [0.25, 0.3) is 0 Å². The molecule has 3 N–H and O–H groups in total. The predicted molar refractivity (Wildman–Crippen MR) is 57.0 cm³/mol. The van der Waals surface area contributed by atoms with Crippen LogP contribution in [-0.2, 0) is 9.53 Å². The number of hydrogen-bond acceptors (Lipinski definition) is 4. The van der Waals surface area contributed by atoms with E-state index in [1.807, 2.05) is 0 Å². The zero-order valence-electron chi connectivity index (χ0n) is 8.84. The van der Waals surface area contributed by atoms with Crippen LogP contribution in [0.5, 0.6) is 0 Å². The van der Waals surface area contributed by atoms with E-state index in [1.54, 1.807) is 30.3 Å². The topological polar surface area (TPSA) is 89.6 Å². The normalized spacial score (nSPS) is 13.9. The molecule has 0 radical (unpaired) electrons. The molecule has 1 aromatic carbocycles. The third kappa shape index (κ3) is 3.06. The van der Waals surface area contributed by atoms with Crippen molar-refractivity contribution in [1.29, 1.82) is 0 Å². The highest BCUT2D eigenvalue weighted by molar-refractivity contribution is 5.89. The summed E-state index contributed by atoms with van der Waals surface area (Å²) >= 11 is 0. The molecule has 86 valence electrons. The fraction of sp³-hybridized carbons (Fsp3) is 0.273. The van der Waals surface area contributed by atoms with Crippen LogP contribution in [0.3, 0.4) is 0 Å². The second-order valence-corrected chi connectivity index (χ2v) is 3.66. The van der Waals surface area contributed by atoms with Crippen LogP contribution < -0.4 is 5.73 Å². The molecular weight excluding hydrogens is 210 g/mol. The lowest BCUT2D eigenvalue weighted by molar-refractivity contribution is -0.144. The molecule has 5 heteroatoms. The molecule has 1 atom stereocenters. The third-order valence-corrected chi connectivity index (χ3v) is 2.00. The fourth-order valence-electron chi connectivity index (χ4n) is 0.935. The first-order valence-corrected chi connectivity index (χ1v) is 4.68. The standard InChI is InChI=1S/C11H13NO4/c1-11(12,10(14)15)7-16-9(13)8-5-3-2-4-6-8/h2-6H,7,12H2,1H3,(H,14,15). The first-order valence-electron chi connectivity index (χ1n) is 4.68. The van der Waals surface area contributed by atoms with Crippen molar-refractivity contribution in [3.8, 4) is 0 Å². The maximum atomic E-state index is 11.4. The van der Waals surface area contributed by atoms with E-state index in [-0.39, 0.29) is 6.61 Å². The molecule has 5 nitrogen and oxygen atoms in total. The molecule has 0 aromatic heterocycles. The maximum absolute atomic E-state index is 11.4. The number of carbonyl (C=O) groups is 2. The number of ether oxygens (including phenoxy) is 1. The van der Waals surface area contributed by atoms with Crippen LogP contribution in [-0.4, -0.2) is 29.2 Å². The molecule has 16 heavy (non-hydrogen) atoms. The lowest BCUT2D eigenvalue weighted by Crippen LogP contribution is -2.49. The van der Waals surface area contributed by atoms with E-state index in [4.69, 9.17) is 15.6 Å². The summed E-state index contributed by atoms with van der Waals surface area (Å²) in [6.07, 6.45) is 0. The van der Waals surface area contributed by atoms with Crippen LogP contribution in [0.15, 0.2) is 30.3 Å².